The van der Waals surface area contributed by atoms with Gasteiger partial charge in [-0.2, -0.15) is 0 Å². The minimum Gasteiger partial charge on any atom is -0.507 e. The predicted octanol–water partition coefficient (Wildman–Crippen LogP) is 5.42. The molecule has 1 aliphatic heterocycles. The number of amides is 1. The quantitative estimate of drug-likeness (QED) is 0.231. The minimum atomic E-state index is -0.976. The van der Waals surface area contributed by atoms with Gasteiger partial charge in [0.05, 0.1) is 44.5 Å². The fourth-order valence-corrected chi connectivity index (χ4v) is 5.00. The van der Waals surface area contributed by atoms with Gasteiger partial charge in [0.1, 0.15) is 11.5 Å². The summed E-state index contributed by atoms with van der Waals surface area (Å²) in [7, 11) is 5.97. The molecule has 37 heavy (non-hydrogen) atoms. The number of hydrogen-bond donors (Lipinski definition) is 1. The standard InChI is InChI=1S/C28H26BrNO7/c1-15-8-6-7-9-19(15)30-24(17-13-21(35-3)27(37-5)22(14-17)36-4)23(26(32)28(30)33)25(31)16-10-11-20(34-2)18(29)12-16/h6-14,24,31H,1-5H3/b25-23+. The molecule has 192 valence electrons. The van der Waals surface area contributed by atoms with Gasteiger partial charge in [0, 0.05) is 11.3 Å². The van der Waals surface area contributed by atoms with Crippen molar-refractivity contribution in [2.75, 3.05) is 33.3 Å². The van der Waals surface area contributed by atoms with Crippen molar-refractivity contribution < 1.29 is 33.6 Å². The van der Waals surface area contributed by atoms with E-state index in [1.807, 2.05) is 19.1 Å². The van der Waals surface area contributed by atoms with Gasteiger partial charge in [0.25, 0.3) is 11.7 Å². The van der Waals surface area contributed by atoms with Crippen molar-refractivity contribution in [2.45, 2.75) is 13.0 Å². The van der Waals surface area contributed by atoms with E-state index >= 15 is 0 Å². The normalized spacial score (nSPS) is 16.6. The Bertz CT molecular complexity index is 1390. The molecule has 1 atom stereocenters. The van der Waals surface area contributed by atoms with E-state index in [-0.39, 0.29) is 11.3 Å². The Morgan fingerprint density at radius 2 is 1.49 bits per heavy atom. The molecule has 1 heterocycles. The largest absolute Gasteiger partial charge is 0.507 e. The number of methoxy groups -OCH3 is 4. The number of nitrogens with zero attached hydrogens (tertiary/aromatic N) is 1. The highest BCUT2D eigenvalue weighted by Gasteiger charge is 2.47. The van der Waals surface area contributed by atoms with E-state index < -0.39 is 17.7 Å². The number of benzene rings is 3. The first kappa shape index (κ1) is 26.1. The molecule has 9 heteroatoms. The lowest BCUT2D eigenvalue weighted by Crippen LogP contribution is -2.30. The van der Waals surface area contributed by atoms with Gasteiger partial charge in [-0.15, -0.1) is 0 Å². The van der Waals surface area contributed by atoms with E-state index in [0.29, 0.717) is 44.3 Å². The molecule has 0 aromatic heterocycles. The summed E-state index contributed by atoms with van der Waals surface area (Å²) in [5.41, 5.74) is 2.09. The molecule has 8 nitrogen and oxygen atoms in total. The number of anilines is 1. The summed E-state index contributed by atoms with van der Waals surface area (Å²) in [6.07, 6.45) is 0. The molecule has 1 amide bonds. The Balaban J connectivity index is 2.03. The Kier molecular flexibility index (Phi) is 7.45. The molecule has 3 aromatic rings. The SMILES string of the molecule is COc1ccc(/C(O)=C2\C(=O)C(=O)N(c3ccccc3C)C2c2cc(OC)c(OC)c(OC)c2)cc1Br. The van der Waals surface area contributed by atoms with E-state index in [2.05, 4.69) is 15.9 Å². The van der Waals surface area contributed by atoms with Crippen molar-refractivity contribution in [3.8, 4) is 23.0 Å². The topological polar surface area (TPSA) is 94.5 Å². The molecule has 0 aliphatic carbocycles. The second-order valence-electron chi connectivity index (χ2n) is 8.26. The van der Waals surface area contributed by atoms with Gasteiger partial charge in [-0.1, -0.05) is 18.2 Å². The maximum Gasteiger partial charge on any atom is 0.300 e. The number of ether oxygens (including phenoxy) is 4. The van der Waals surface area contributed by atoms with E-state index in [1.165, 1.54) is 33.3 Å². The molecule has 0 saturated carbocycles. The molecule has 1 N–H and O–H groups in total. The Hall–Kier alpha value is -3.98. The molecule has 4 rings (SSSR count). The second kappa shape index (κ2) is 10.6. The number of carbonyl (C=O) groups is 2. The zero-order valence-corrected chi connectivity index (χ0v) is 22.6. The molecule has 3 aromatic carbocycles. The van der Waals surface area contributed by atoms with E-state index in [1.54, 1.807) is 42.5 Å². The van der Waals surface area contributed by atoms with Crippen molar-refractivity contribution >= 4 is 39.1 Å². The van der Waals surface area contributed by atoms with Crippen LogP contribution >= 0.6 is 15.9 Å². The van der Waals surface area contributed by atoms with Crippen LogP contribution in [0.25, 0.3) is 5.76 Å². The van der Waals surface area contributed by atoms with Gasteiger partial charge >= 0.3 is 0 Å². The summed E-state index contributed by atoms with van der Waals surface area (Å²) in [4.78, 5) is 28.4. The van der Waals surface area contributed by atoms with Crippen LogP contribution in [-0.2, 0) is 9.59 Å². The van der Waals surface area contributed by atoms with Crippen molar-refractivity contribution in [3.05, 3.63) is 81.3 Å². The van der Waals surface area contributed by atoms with Crippen molar-refractivity contribution in [2.24, 2.45) is 0 Å². The molecule has 0 bridgehead atoms. The van der Waals surface area contributed by atoms with Crippen molar-refractivity contribution in [1.82, 2.24) is 0 Å². The lowest BCUT2D eigenvalue weighted by Gasteiger charge is -2.27. The molecule has 1 unspecified atom stereocenters. The fourth-order valence-electron chi connectivity index (χ4n) is 4.46. The average Bonchev–Trinajstić information content (AvgIpc) is 3.17. The zero-order valence-electron chi connectivity index (χ0n) is 21.0. The van der Waals surface area contributed by atoms with Crippen LogP contribution in [0.15, 0.2) is 64.6 Å². The van der Waals surface area contributed by atoms with Crippen LogP contribution < -0.4 is 23.8 Å². The number of carbonyl (C=O) groups excluding carboxylic acids is 2. The zero-order chi connectivity index (χ0) is 26.9. The Labute approximate surface area is 223 Å². The summed E-state index contributed by atoms with van der Waals surface area (Å²) in [6.45, 7) is 1.85. The molecule has 1 saturated heterocycles. The number of aryl methyl sites for hydroxylation is 1. The Morgan fingerprint density at radius 1 is 0.865 bits per heavy atom. The van der Waals surface area contributed by atoms with Crippen LogP contribution in [0, 0.1) is 6.92 Å². The monoisotopic (exact) mass is 567 g/mol. The van der Waals surface area contributed by atoms with E-state index in [9.17, 15) is 14.7 Å². The van der Waals surface area contributed by atoms with E-state index in [0.717, 1.165) is 5.56 Å². The fraction of sp³-hybridized carbons (Fsp3) is 0.214. The molecule has 0 spiro atoms. The van der Waals surface area contributed by atoms with Crippen molar-refractivity contribution in [1.29, 1.82) is 0 Å². The lowest BCUT2D eigenvalue weighted by atomic mass is 9.94. The number of aliphatic hydroxyl groups is 1. The van der Waals surface area contributed by atoms with Crippen LogP contribution in [0.5, 0.6) is 23.0 Å². The molecular formula is C28H26BrNO7. The Morgan fingerprint density at radius 3 is 2.03 bits per heavy atom. The van der Waals surface area contributed by atoms with Crippen molar-refractivity contribution in [3.63, 3.8) is 0 Å². The third-order valence-corrected chi connectivity index (χ3v) is 6.87. The van der Waals surface area contributed by atoms with Crippen LogP contribution in [0.3, 0.4) is 0 Å². The smallest absolute Gasteiger partial charge is 0.300 e. The van der Waals surface area contributed by atoms with Gasteiger partial charge in [-0.25, -0.2) is 0 Å². The summed E-state index contributed by atoms with van der Waals surface area (Å²) >= 11 is 3.42. The van der Waals surface area contributed by atoms with Gasteiger partial charge in [-0.05, 0) is 70.4 Å². The van der Waals surface area contributed by atoms with E-state index in [4.69, 9.17) is 18.9 Å². The summed E-state index contributed by atoms with van der Waals surface area (Å²) in [5.74, 6) is -0.289. The number of halogens is 1. The highest BCUT2D eigenvalue weighted by atomic mass is 79.9. The van der Waals surface area contributed by atoms with Gasteiger partial charge in [0.15, 0.2) is 11.5 Å². The third kappa shape index (κ3) is 4.51. The average molecular weight is 568 g/mol. The second-order valence-corrected chi connectivity index (χ2v) is 9.12. The summed E-state index contributed by atoms with van der Waals surface area (Å²) in [6, 6.07) is 14.5. The number of para-hydroxylation sites is 1. The van der Waals surface area contributed by atoms with Gasteiger partial charge < -0.3 is 24.1 Å². The maximum atomic E-state index is 13.5. The number of aliphatic hydroxyl groups excluding tert-OH is 1. The first-order chi connectivity index (χ1) is 17.8. The predicted molar refractivity (Wildman–Crippen MR) is 143 cm³/mol. The maximum absolute atomic E-state index is 13.5. The van der Waals surface area contributed by atoms with Gasteiger partial charge in [0.2, 0.25) is 5.75 Å². The summed E-state index contributed by atoms with van der Waals surface area (Å²) in [5, 5.41) is 11.4. The number of hydrogen-bond acceptors (Lipinski definition) is 7. The minimum absolute atomic E-state index is 0.0698. The van der Waals surface area contributed by atoms with Crippen LogP contribution in [-0.4, -0.2) is 45.2 Å². The van der Waals surface area contributed by atoms with Gasteiger partial charge in [-0.3, -0.25) is 14.5 Å². The molecule has 1 aliphatic rings. The third-order valence-electron chi connectivity index (χ3n) is 6.25. The number of Topliss-reactive ketones (excluding diaryl/α,β-unsaturated/α-hetero) is 1. The first-order valence-corrected chi connectivity index (χ1v) is 12.1. The summed E-state index contributed by atoms with van der Waals surface area (Å²) < 4.78 is 22.4. The molecule has 0 radical (unpaired) electrons. The van der Waals surface area contributed by atoms with Crippen LogP contribution in [0.1, 0.15) is 22.7 Å². The molecular weight excluding hydrogens is 542 g/mol. The molecule has 1 fully saturated rings. The number of rotatable bonds is 7. The van der Waals surface area contributed by atoms with Crippen LogP contribution in [0.4, 0.5) is 5.69 Å². The first-order valence-electron chi connectivity index (χ1n) is 11.3. The number of ketones is 1. The highest BCUT2D eigenvalue weighted by Crippen LogP contribution is 2.47. The highest BCUT2D eigenvalue weighted by molar-refractivity contribution is 9.10. The van der Waals surface area contributed by atoms with Crippen LogP contribution in [0.2, 0.25) is 0 Å². The lowest BCUT2D eigenvalue weighted by molar-refractivity contribution is -0.132.